The molecule has 2 N–H and O–H groups in total. The van der Waals surface area contributed by atoms with Crippen molar-refractivity contribution in [1.29, 1.82) is 0 Å². The van der Waals surface area contributed by atoms with Crippen molar-refractivity contribution in [2.45, 2.75) is 32.5 Å². The van der Waals surface area contributed by atoms with Crippen LogP contribution in [0.5, 0.6) is 0 Å². The monoisotopic (exact) mass is 288 g/mol. The van der Waals surface area contributed by atoms with E-state index >= 15 is 0 Å². The Kier molecular flexibility index (Phi) is 3.90. The standard InChI is InChI=1S/C15H20N4O2/c1-10-3-5-19-9-12(18-13(19)7-10)8-17-15(20)14-11(2)21-6-4-16-14/h3,5,7,9,11,14,16H,4,6,8H2,1-2H3,(H,17,20)/t11-,14+/m1/s1. The van der Waals surface area contributed by atoms with Crippen molar-refractivity contribution in [2.75, 3.05) is 13.2 Å². The molecular weight excluding hydrogens is 268 g/mol. The summed E-state index contributed by atoms with van der Waals surface area (Å²) in [7, 11) is 0. The summed E-state index contributed by atoms with van der Waals surface area (Å²) in [6, 6.07) is 3.75. The minimum atomic E-state index is -0.293. The van der Waals surface area contributed by atoms with Crippen molar-refractivity contribution in [2.24, 2.45) is 0 Å². The maximum absolute atomic E-state index is 12.2. The van der Waals surface area contributed by atoms with Crippen LogP contribution in [0.25, 0.3) is 5.65 Å². The third kappa shape index (κ3) is 3.06. The van der Waals surface area contributed by atoms with Gasteiger partial charge in [-0.15, -0.1) is 0 Å². The normalized spacial score (nSPS) is 22.4. The third-order valence-electron chi connectivity index (χ3n) is 3.71. The van der Waals surface area contributed by atoms with Gasteiger partial charge in [0.25, 0.3) is 0 Å². The van der Waals surface area contributed by atoms with Gasteiger partial charge in [0, 0.05) is 18.9 Å². The van der Waals surface area contributed by atoms with Crippen LogP contribution < -0.4 is 10.6 Å². The highest BCUT2D eigenvalue weighted by Gasteiger charge is 2.27. The number of ether oxygens (including phenoxy) is 1. The number of carbonyl (C=O) groups is 1. The van der Waals surface area contributed by atoms with Gasteiger partial charge in [0.1, 0.15) is 11.7 Å². The number of pyridine rings is 1. The highest BCUT2D eigenvalue weighted by molar-refractivity contribution is 5.82. The quantitative estimate of drug-likeness (QED) is 0.869. The van der Waals surface area contributed by atoms with E-state index in [1.165, 1.54) is 5.56 Å². The van der Waals surface area contributed by atoms with Crippen LogP contribution in [0, 0.1) is 6.92 Å². The Bertz CT molecular complexity index is 652. The molecule has 6 heteroatoms. The molecule has 1 aliphatic rings. The number of fused-ring (bicyclic) bond motifs is 1. The molecule has 0 unspecified atom stereocenters. The zero-order valence-electron chi connectivity index (χ0n) is 12.3. The van der Waals surface area contributed by atoms with Gasteiger partial charge < -0.3 is 19.8 Å². The van der Waals surface area contributed by atoms with Crippen LogP contribution in [0.4, 0.5) is 0 Å². The van der Waals surface area contributed by atoms with Gasteiger partial charge in [0.2, 0.25) is 5.91 Å². The Morgan fingerprint density at radius 2 is 2.48 bits per heavy atom. The third-order valence-corrected chi connectivity index (χ3v) is 3.71. The van der Waals surface area contributed by atoms with Crippen LogP contribution >= 0.6 is 0 Å². The summed E-state index contributed by atoms with van der Waals surface area (Å²) in [4.78, 5) is 16.7. The first kappa shape index (κ1) is 14.0. The first-order chi connectivity index (χ1) is 10.1. The summed E-state index contributed by atoms with van der Waals surface area (Å²) in [6.45, 7) is 5.72. The van der Waals surface area contributed by atoms with Gasteiger partial charge in [-0.1, -0.05) is 0 Å². The Labute approximate surface area is 123 Å². The fraction of sp³-hybridized carbons (Fsp3) is 0.467. The molecule has 0 saturated carbocycles. The van der Waals surface area contributed by atoms with Crippen LogP contribution in [0.3, 0.4) is 0 Å². The summed E-state index contributed by atoms with van der Waals surface area (Å²) in [6.07, 6.45) is 3.80. The topological polar surface area (TPSA) is 67.7 Å². The number of morpholine rings is 1. The summed E-state index contributed by atoms with van der Waals surface area (Å²) in [5.74, 6) is -0.0459. The average Bonchev–Trinajstić information content (AvgIpc) is 2.87. The van der Waals surface area contributed by atoms with E-state index in [1.54, 1.807) is 0 Å². The summed E-state index contributed by atoms with van der Waals surface area (Å²) >= 11 is 0. The fourth-order valence-corrected chi connectivity index (χ4v) is 2.54. The van der Waals surface area contributed by atoms with E-state index in [2.05, 4.69) is 15.6 Å². The predicted molar refractivity (Wildman–Crippen MR) is 79.0 cm³/mol. The molecule has 0 radical (unpaired) electrons. The van der Waals surface area contributed by atoms with E-state index in [1.807, 2.05) is 42.8 Å². The molecule has 2 aromatic rings. The molecule has 1 amide bonds. The molecule has 21 heavy (non-hydrogen) atoms. The summed E-state index contributed by atoms with van der Waals surface area (Å²) in [5, 5.41) is 6.09. The zero-order chi connectivity index (χ0) is 14.8. The largest absolute Gasteiger partial charge is 0.375 e. The first-order valence-electron chi connectivity index (χ1n) is 7.20. The molecule has 0 aliphatic carbocycles. The highest BCUT2D eigenvalue weighted by atomic mass is 16.5. The fourth-order valence-electron chi connectivity index (χ4n) is 2.54. The number of imidazole rings is 1. The van der Waals surface area contributed by atoms with Crippen LogP contribution in [0.2, 0.25) is 0 Å². The predicted octanol–water partition coefficient (Wildman–Crippen LogP) is 0.636. The van der Waals surface area contributed by atoms with Crippen molar-refractivity contribution in [3.63, 3.8) is 0 Å². The second kappa shape index (κ2) is 5.83. The van der Waals surface area contributed by atoms with Gasteiger partial charge in [-0.2, -0.15) is 0 Å². The molecule has 1 fully saturated rings. The van der Waals surface area contributed by atoms with Crippen molar-refractivity contribution in [3.8, 4) is 0 Å². The molecule has 1 saturated heterocycles. The second-order valence-electron chi connectivity index (χ2n) is 5.43. The van der Waals surface area contributed by atoms with Gasteiger partial charge in [-0.3, -0.25) is 4.79 Å². The molecule has 2 aromatic heterocycles. The van der Waals surface area contributed by atoms with Crippen molar-refractivity contribution in [1.82, 2.24) is 20.0 Å². The van der Waals surface area contributed by atoms with Crippen LogP contribution in [0.1, 0.15) is 18.2 Å². The molecule has 0 bridgehead atoms. The van der Waals surface area contributed by atoms with Gasteiger partial charge in [-0.05, 0) is 31.5 Å². The van der Waals surface area contributed by atoms with E-state index in [4.69, 9.17) is 4.74 Å². The molecular formula is C15H20N4O2. The number of nitrogens with zero attached hydrogens (tertiary/aromatic N) is 2. The molecule has 0 aromatic carbocycles. The second-order valence-corrected chi connectivity index (χ2v) is 5.43. The lowest BCUT2D eigenvalue weighted by Gasteiger charge is -2.29. The van der Waals surface area contributed by atoms with Gasteiger partial charge in [0.15, 0.2) is 0 Å². The first-order valence-corrected chi connectivity index (χ1v) is 7.20. The van der Waals surface area contributed by atoms with Gasteiger partial charge in [0.05, 0.1) is 24.9 Å². The molecule has 0 spiro atoms. The van der Waals surface area contributed by atoms with Crippen molar-refractivity contribution in [3.05, 3.63) is 35.8 Å². The molecule has 1 aliphatic heterocycles. The van der Waals surface area contributed by atoms with E-state index in [-0.39, 0.29) is 18.1 Å². The van der Waals surface area contributed by atoms with E-state index in [9.17, 15) is 4.79 Å². The minimum absolute atomic E-state index is 0.0459. The number of amides is 1. The lowest BCUT2D eigenvalue weighted by molar-refractivity contribution is -0.129. The number of aryl methyl sites for hydroxylation is 1. The lowest BCUT2D eigenvalue weighted by atomic mass is 10.1. The number of rotatable bonds is 3. The SMILES string of the molecule is Cc1ccn2cc(CNC(=O)[C@H]3NCCO[C@@H]3C)nc2c1. The van der Waals surface area contributed by atoms with Crippen molar-refractivity contribution < 1.29 is 9.53 Å². The number of hydrogen-bond donors (Lipinski definition) is 2. The van der Waals surface area contributed by atoms with E-state index in [0.29, 0.717) is 19.7 Å². The van der Waals surface area contributed by atoms with Gasteiger partial charge in [-0.25, -0.2) is 4.98 Å². The Morgan fingerprint density at radius 3 is 3.29 bits per heavy atom. The Balaban J connectivity index is 1.64. The minimum Gasteiger partial charge on any atom is -0.375 e. The van der Waals surface area contributed by atoms with Crippen LogP contribution in [-0.4, -0.2) is 40.6 Å². The van der Waals surface area contributed by atoms with Crippen LogP contribution in [0.15, 0.2) is 24.5 Å². The maximum Gasteiger partial charge on any atom is 0.240 e. The molecule has 2 atom stereocenters. The Hall–Kier alpha value is -1.92. The molecule has 3 rings (SSSR count). The van der Waals surface area contributed by atoms with Crippen LogP contribution in [-0.2, 0) is 16.1 Å². The number of nitrogens with one attached hydrogen (secondary N) is 2. The van der Waals surface area contributed by atoms with Crippen molar-refractivity contribution >= 4 is 11.6 Å². The highest BCUT2D eigenvalue weighted by Crippen LogP contribution is 2.08. The Morgan fingerprint density at radius 1 is 1.62 bits per heavy atom. The molecule has 112 valence electrons. The molecule has 6 nitrogen and oxygen atoms in total. The maximum atomic E-state index is 12.2. The van der Waals surface area contributed by atoms with E-state index in [0.717, 1.165) is 11.3 Å². The molecule has 3 heterocycles. The average molecular weight is 288 g/mol. The van der Waals surface area contributed by atoms with Gasteiger partial charge >= 0.3 is 0 Å². The number of hydrogen-bond acceptors (Lipinski definition) is 4. The smallest absolute Gasteiger partial charge is 0.240 e. The summed E-state index contributed by atoms with van der Waals surface area (Å²) in [5.41, 5.74) is 2.91. The number of aromatic nitrogens is 2. The summed E-state index contributed by atoms with van der Waals surface area (Å²) < 4.78 is 7.44. The lowest BCUT2D eigenvalue weighted by Crippen LogP contribution is -2.55. The number of carbonyl (C=O) groups excluding carboxylic acids is 1. The van der Waals surface area contributed by atoms with E-state index < -0.39 is 0 Å². The zero-order valence-corrected chi connectivity index (χ0v) is 12.3.